The summed E-state index contributed by atoms with van der Waals surface area (Å²) in [5.41, 5.74) is 2.55. The van der Waals surface area contributed by atoms with Gasteiger partial charge in [-0.05, 0) is 62.5 Å². The van der Waals surface area contributed by atoms with Gasteiger partial charge in [-0.1, -0.05) is 30.3 Å². The van der Waals surface area contributed by atoms with Crippen LogP contribution >= 0.6 is 0 Å². The third-order valence-electron chi connectivity index (χ3n) is 5.81. The summed E-state index contributed by atoms with van der Waals surface area (Å²) in [6, 6.07) is 16.6. The van der Waals surface area contributed by atoms with E-state index in [0.29, 0.717) is 12.5 Å². The molecule has 1 aliphatic heterocycles. The maximum Gasteiger partial charge on any atom is 0.123 e. The van der Waals surface area contributed by atoms with Crippen LogP contribution in [0.25, 0.3) is 0 Å². The Morgan fingerprint density at radius 3 is 2.70 bits per heavy atom. The number of aliphatic hydroxyl groups is 1. The number of methoxy groups -OCH3 is 1. The Labute approximate surface area is 181 Å². The fourth-order valence-corrected chi connectivity index (χ4v) is 4.31. The molecule has 1 heterocycles. The maximum absolute atomic E-state index is 9.04. The smallest absolute Gasteiger partial charge is 0.123 e. The van der Waals surface area contributed by atoms with Gasteiger partial charge in [0.05, 0.1) is 13.7 Å². The lowest BCUT2D eigenvalue weighted by Crippen LogP contribution is -2.40. The van der Waals surface area contributed by atoms with Crippen LogP contribution in [0, 0.1) is 5.92 Å². The molecular weight excluding hydrogens is 376 g/mol. The first-order valence-electron chi connectivity index (χ1n) is 11.0. The number of likely N-dealkylation sites (tertiary alicyclic amines) is 1. The molecule has 1 atom stereocenters. The summed E-state index contributed by atoms with van der Waals surface area (Å²) in [5.74, 6) is 2.50. The minimum absolute atomic E-state index is 0.0403. The van der Waals surface area contributed by atoms with Gasteiger partial charge in [0.15, 0.2) is 0 Å². The average molecular weight is 413 g/mol. The van der Waals surface area contributed by atoms with Gasteiger partial charge in [0, 0.05) is 31.7 Å². The number of hydrogen-bond donors (Lipinski definition) is 1. The molecule has 1 fully saturated rings. The Hall–Kier alpha value is -2.08. The third-order valence-corrected chi connectivity index (χ3v) is 5.81. The molecule has 1 N–H and O–H groups in total. The van der Waals surface area contributed by atoms with E-state index < -0.39 is 0 Å². The van der Waals surface area contributed by atoms with E-state index in [1.807, 2.05) is 24.3 Å². The first kappa shape index (κ1) is 22.6. The monoisotopic (exact) mass is 412 g/mol. The molecule has 2 aromatic carbocycles. The Bertz CT molecular complexity index is 750. The largest absolute Gasteiger partial charge is 0.497 e. The number of ether oxygens (including phenoxy) is 2. The van der Waals surface area contributed by atoms with Crippen LogP contribution in [-0.4, -0.2) is 68.5 Å². The van der Waals surface area contributed by atoms with Crippen molar-refractivity contribution in [2.24, 2.45) is 5.92 Å². The molecule has 0 unspecified atom stereocenters. The SMILES string of the molecule is COc1ccc(CCN2CCC[C@H](CN(C)Cc3ccccc3OCCO)C2)cc1. The molecule has 5 heteroatoms. The summed E-state index contributed by atoms with van der Waals surface area (Å²) >= 11 is 0. The predicted octanol–water partition coefficient (Wildman–Crippen LogP) is 3.45. The van der Waals surface area contributed by atoms with Crippen molar-refractivity contribution in [3.63, 3.8) is 0 Å². The highest BCUT2D eigenvalue weighted by molar-refractivity contribution is 5.33. The van der Waals surface area contributed by atoms with Crippen LogP contribution in [0.2, 0.25) is 0 Å². The van der Waals surface area contributed by atoms with Crippen molar-refractivity contribution < 1.29 is 14.6 Å². The average Bonchev–Trinajstić information content (AvgIpc) is 2.77. The van der Waals surface area contributed by atoms with Crippen LogP contribution in [0.4, 0.5) is 0 Å². The Balaban J connectivity index is 1.46. The number of hydrogen-bond acceptors (Lipinski definition) is 5. The van der Waals surface area contributed by atoms with E-state index in [1.165, 1.54) is 37.1 Å². The van der Waals surface area contributed by atoms with Gasteiger partial charge in [0.25, 0.3) is 0 Å². The van der Waals surface area contributed by atoms with E-state index in [9.17, 15) is 0 Å². The highest BCUT2D eigenvalue weighted by atomic mass is 16.5. The topological polar surface area (TPSA) is 45.2 Å². The van der Waals surface area contributed by atoms with Crippen molar-refractivity contribution in [1.82, 2.24) is 9.80 Å². The van der Waals surface area contributed by atoms with Gasteiger partial charge in [-0.3, -0.25) is 0 Å². The molecule has 164 valence electrons. The number of rotatable bonds is 11. The van der Waals surface area contributed by atoms with Crippen LogP contribution in [-0.2, 0) is 13.0 Å². The van der Waals surface area contributed by atoms with Gasteiger partial charge in [0.1, 0.15) is 18.1 Å². The Morgan fingerprint density at radius 1 is 1.13 bits per heavy atom. The summed E-state index contributed by atoms with van der Waals surface area (Å²) in [5, 5.41) is 9.04. The molecule has 0 bridgehead atoms. The molecule has 5 nitrogen and oxygen atoms in total. The van der Waals surface area contributed by atoms with Gasteiger partial charge in [0.2, 0.25) is 0 Å². The van der Waals surface area contributed by atoms with E-state index >= 15 is 0 Å². The summed E-state index contributed by atoms with van der Waals surface area (Å²) in [4.78, 5) is 5.02. The van der Waals surface area contributed by atoms with E-state index in [2.05, 4.69) is 41.1 Å². The quantitative estimate of drug-likeness (QED) is 0.612. The molecule has 0 saturated carbocycles. The maximum atomic E-state index is 9.04. The second-order valence-corrected chi connectivity index (χ2v) is 8.28. The molecule has 3 rings (SSSR count). The highest BCUT2D eigenvalue weighted by Gasteiger charge is 2.21. The van der Waals surface area contributed by atoms with E-state index in [-0.39, 0.29) is 6.61 Å². The fraction of sp³-hybridized carbons (Fsp3) is 0.520. The second kappa shape index (κ2) is 11.9. The van der Waals surface area contributed by atoms with Gasteiger partial charge in [-0.25, -0.2) is 0 Å². The molecular formula is C25H36N2O3. The van der Waals surface area contributed by atoms with Crippen LogP contribution in [0.3, 0.4) is 0 Å². The minimum Gasteiger partial charge on any atom is -0.497 e. The summed E-state index contributed by atoms with van der Waals surface area (Å²) < 4.78 is 10.9. The molecule has 1 saturated heterocycles. The van der Waals surface area contributed by atoms with Gasteiger partial charge >= 0.3 is 0 Å². The number of benzene rings is 2. The molecule has 0 radical (unpaired) electrons. The normalized spacial score (nSPS) is 17.3. The second-order valence-electron chi connectivity index (χ2n) is 8.28. The number of aliphatic hydroxyl groups excluding tert-OH is 1. The molecule has 0 spiro atoms. The van der Waals surface area contributed by atoms with Crippen LogP contribution in [0.5, 0.6) is 11.5 Å². The summed E-state index contributed by atoms with van der Waals surface area (Å²) in [7, 11) is 3.90. The third kappa shape index (κ3) is 7.01. The zero-order chi connectivity index (χ0) is 21.2. The first-order valence-corrected chi connectivity index (χ1v) is 11.0. The fourth-order valence-electron chi connectivity index (χ4n) is 4.31. The first-order chi connectivity index (χ1) is 14.7. The van der Waals surface area contributed by atoms with Crippen molar-refractivity contribution in [3.8, 4) is 11.5 Å². The number of piperidine rings is 1. The molecule has 0 aliphatic carbocycles. The van der Waals surface area contributed by atoms with E-state index in [0.717, 1.165) is 37.6 Å². The molecule has 1 aliphatic rings. The van der Waals surface area contributed by atoms with Gasteiger partial charge < -0.3 is 24.4 Å². The Morgan fingerprint density at radius 2 is 1.93 bits per heavy atom. The Kier molecular flexibility index (Phi) is 9.00. The van der Waals surface area contributed by atoms with E-state index in [1.54, 1.807) is 7.11 Å². The van der Waals surface area contributed by atoms with Crippen molar-refractivity contribution in [2.45, 2.75) is 25.8 Å². The minimum atomic E-state index is 0.0403. The number of para-hydroxylation sites is 1. The molecule has 2 aromatic rings. The van der Waals surface area contributed by atoms with Crippen LogP contribution in [0.15, 0.2) is 48.5 Å². The lowest BCUT2D eigenvalue weighted by molar-refractivity contribution is 0.141. The van der Waals surface area contributed by atoms with Gasteiger partial charge in [-0.2, -0.15) is 0 Å². The van der Waals surface area contributed by atoms with Crippen LogP contribution < -0.4 is 9.47 Å². The van der Waals surface area contributed by atoms with Crippen molar-refractivity contribution >= 4 is 0 Å². The lowest BCUT2D eigenvalue weighted by atomic mass is 9.97. The predicted molar refractivity (Wildman–Crippen MR) is 121 cm³/mol. The van der Waals surface area contributed by atoms with Crippen molar-refractivity contribution in [1.29, 1.82) is 0 Å². The standard InChI is InChI=1S/C25H36N2O3/c1-26(20-23-7-3-4-8-25(23)30-17-16-28)18-22-6-5-14-27(19-22)15-13-21-9-11-24(29-2)12-10-21/h3-4,7-12,22,28H,5-6,13-20H2,1-2H3/t22-/m1/s1. The van der Waals surface area contributed by atoms with Crippen LogP contribution in [0.1, 0.15) is 24.0 Å². The lowest BCUT2D eigenvalue weighted by Gasteiger charge is -2.35. The molecule has 0 aromatic heterocycles. The van der Waals surface area contributed by atoms with Crippen molar-refractivity contribution in [2.75, 3.05) is 53.6 Å². The number of nitrogens with zero attached hydrogens (tertiary/aromatic N) is 2. The van der Waals surface area contributed by atoms with Crippen molar-refractivity contribution in [3.05, 3.63) is 59.7 Å². The molecule has 0 amide bonds. The highest BCUT2D eigenvalue weighted by Crippen LogP contribution is 2.22. The van der Waals surface area contributed by atoms with E-state index in [4.69, 9.17) is 14.6 Å². The summed E-state index contributed by atoms with van der Waals surface area (Å²) in [6.07, 6.45) is 3.66. The zero-order valence-electron chi connectivity index (χ0n) is 18.4. The molecule has 30 heavy (non-hydrogen) atoms. The zero-order valence-corrected chi connectivity index (χ0v) is 18.4. The summed E-state index contributed by atoms with van der Waals surface area (Å²) in [6.45, 7) is 5.82. The van der Waals surface area contributed by atoms with Gasteiger partial charge in [-0.15, -0.1) is 0 Å².